The first-order valence-corrected chi connectivity index (χ1v) is 8.27. The van der Waals surface area contributed by atoms with E-state index in [1.54, 1.807) is 0 Å². The predicted octanol–water partition coefficient (Wildman–Crippen LogP) is 4.83. The van der Waals surface area contributed by atoms with Crippen LogP contribution in [0.15, 0.2) is 12.1 Å². The first-order chi connectivity index (χ1) is 9.72. The molecule has 0 spiro atoms. The van der Waals surface area contributed by atoms with Crippen molar-refractivity contribution in [3.63, 3.8) is 0 Å². The number of benzene rings is 1. The Balaban J connectivity index is 1.64. The number of rotatable bonds is 2. The van der Waals surface area contributed by atoms with E-state index in [0.29, 0.717) is 24.2 Å². The van der Waals surface area contributed by atoms with Gasteiger partial charge < -0.3 is 9.47 Å². The molecule has 2 saturated carbocycles. The normalized spacial score (nSPS) is 32.4. The SMILES string of the molecule is Clc1cc2c(cc1C(Cl)C1CC3CCC1C3)OCCO2. The highest BCUT2D eigenvalue weighted by molar-refractivity contribution is 6.33. The molecule has 2 fully saturated rings. The van der Waals surface area contributed by atoms with E-state index in [0.717, 1.165) is 28.9 Å². The van der Waals surface area contributed by atoms with Crippen LogP contribution in [0.2, 0.25) is 5.02 Å². The van der Waals surface area contributed by atoms with Crippen LogP contribution in [0.1, 0.15) is 36.6 Å². The van der Waals surface area contributed by atoms with Crippen LogP contribution in [0.3, 0.4) is 0 Å². The van der Waals surface area contributed by atoms with Crippen LogP contribution < -0.4 is 9.47 Å². The lowest BCUT2D eigenvalue weighted by atomic mass is 9.84. The van der Waals surface area contributed by atoms with Crippen LogP contribution in [-0.2, 0) is 0 Å². The van der Waals surface area contributed by atoms with E-state index in [1.807, 2.05) is 12.1 Å². The molecule has 0 saturated heterocycles. The van der Waals surface area contributed by atoms with Crippen molar-refractivity contribution in [3.05, 3.63) is 22.7 Å². The average molecular weight is 313 g/mol. The van der Waals surface area contributed by atoms with Crippen LogP contribution in [-0.4, -0.2) is 13.2 Å². The Hall–Kier alpha value is -0.600. The third-order valence-corrected chi connectivity index (χ3v) is 6.01. The summed E-state index contributed by atoms with van der Waals surface area (Å²) in [5.41, 5.74) is 1.01. The van der Waals surface area contributed by atoms with Gasteiger partial charge in [-0.15, -0.1) is 11.6 Å². The molecule has 4 rings (SSSR count). The van der Waals surface area contributed by atoms with E-state index in [-0.39, 0.29) is 5.38 Å². The maximum atomic E-state index is 6.77. The first-order valence-electron chi connectivity index (χ1n) is 7.45. The van der Waals surface area contributed by atoms with Gasteiger partial charge in [0, 0.05) is 11.1 Å². The van der Waals surface area contributed by atoms with Gasteiger partial charge >= 0.3 is 0 Å². The molecule has 3 aliphatic rings. The highest BCUT2D eigenvalue weighted by atomic mass is 35.5. The van der Waals surface area contributed by atoms with E-state index in [9.17, 15) is 0 Å². The molecule has 0 amide bonds. The van der Waals surface area contributed by atoms with Gasteiger partial charge in [-0.1, -0.05) is 18.0 Å². The van der Waals surface area contributed by atoms with Crippen molar-refractivity contribution in [1.29, 1.82) is 0 Å². The van der Waals surface area contributed by atoms with Gasteiger partial charge in [-0.05, 0) is 48.6 Å². The summed E-state index contributed by atoms with van der Waals surface area (Å²) in [7, 11) is 0. The second-order valence-corrected chi connectivity index (χ2v) is 7.14. The molecule has 1 aromatic rings. The van der Waals surface area contributed by atoms with Gasteiger partial charge in [-0.25, -0.2) is 0 Å². The Bertz CT molecular complexity index is 531. The van der Waals surface area contributed by atoms with Crippen molar-refractivity contribution in [2.75, 3.05) is 13.2 Å². The summed E-state index contributed by atoms with van der Waals surface area (Å²) < 4.78 is 11.2. The third-order valence-electron chi connectivity index (χ3n) is 5.13. The molecule has 0 N–H and O–H groups in total. The zero-order valence-corrected chi connectivity index (χ0v) is 12.8. The zero-order valence-electron chi connectivity index (χ0n) is 11.3. The van der Waals surface area contributed by atoms with Gasteiger partial charge in [0.15, 0.2) is 11.5 Å². The van der Waals surface area contributed by atoms with Crippen molar-refractivity contribution < 1.29 is 9.47 Å². The minimum atomic E-state index is -0.00590. The first kappa shape index (κ1) is 13.1. The van der Waals surface area contributed by atoms with E-state index in [1.165, 1.54) is 25.7 Å². The maximum Gasteiger partial charge on any atom is 0.162 e. The lowest BCUT2D eigenvalue weighted by Crippen LogP contribution is -2.18. The minimum Gasteiger partial charge on any atom is -0.486 e. The van der Waals surface area contributed by atoms with Gasteiger partial charge in [-0.2, -0.15) is 0 Å². The summed E-state index contributed by atoms with van der Waals surface area (Å²) in [5.74, 6) is 3.76. The van der Waals surface area contributed by atoms with Gasteiger partial charge in [0.1, 0.15) is 13.2 Å². The molecule has 2 bridgehead atoms. The fourth-order valence-corrected chi connectivity index (χ4v) is 4.99. The Labute approximate surface area is 129 Å². The fraction of sp³-hybridized carbons (Fsp3) is 0.625. The second-order valence-electron chi connectivity index (χ2n) is 6.26. The Kier molecular flexibility index (Phi) is 3.27. The van der Waals surface area contributed by atoms with Crippen molar-refractivity contribution in [1.82, 2.24) is 0 Å². The summed E-state index contributed by atoms with van der Waals surface area (Å²) in [4.78, 5) is 0. The predicted molar refractivity (Wildman–Crippen MR) is 80.0 cm³/mol. The molecule has 1 aromatic carbocycles. The van der Waals surface area contributed by atoms with Gasteiger partial charge in [0.25, 0.3) is 0 Å². The lowest BCUT2D eigenvalue weighted by Gasteiger charge is -2.28. The van der Waals surface area contributed by atoms with Gasteiger partial charge in [0.05, 0.1) is 5.38 Å². The summed E-state index contributed by atoms with van der Waals surface area (Å²) in [6.07, 6.45) is 5.33. The maximum absolute atomic E-state index is 6.77. The smallest absolute Gasteiger partial charge is 0.162 e. The molecule has 4 atom stereocenters. The highest BCUT2D eigenvalue weighted by Gasteiger charge is 2.43. The highest BCUT2D eigenvalue weighted by Crippen LogP contribution is 2.55. The van der Waals surface area contributed by atoms with Crippen molar-refractivity contribution in [3.8, 4) is 11.5 Å². The molecular weight excluding hydrogens is 295 g/mol. The van der Waals surface area contributed by atoms with E-state index in [2.05, 4.69) is 0 Å². The molecule has 4 heteroatoms. The number of halogens is 2. The van der Waals surface area contributed by atoms with E-state index >= 15 is 0 Å². The third kappa shape index (κ3) is 2.08. The minimum absolute atomic E-state index is 0.00590. The Morgan fingerprint density at radius 3 is 2.45 bits per heavy atom. The quantitative estimate of drug-likeness (QED) is 0.728. The Morgan fingerprint density at radius 2 is 1.80 bits per heavy atom. The molecule has 108 valence electrons. The number of hydrogen-bond donors (Lipinski definition) is 0. The van der Waals surface area contributed by atoms with E-state index < -0.39 is 0 Å². The summed E-state index contributed by atoms with van der Waals surface area (Å²) >= 11 is 13.2. The van der Waals surface area contributed by atoms with Crippen molar-refractivity contribution in [2.45, 2.75) is 31.1 Å². The van der Waals surface area contributed by atoms with Crippen LogP contribution in [0, 0.1) is 17.8 Å². The molecule has 2 nitrogen and oxygen atoms in total. The fourth-order valence-electron chi connectivity index (χ4n) is 4.17. The van der Waals surface area contributed by atoms with Gasteiger partial charge in [0.2, 0.25) is 0 Å². The number of fused-ring (bicyclic) bond motifs is 3. The number of hydrogen-bond acceptors (Lipinski definition) is 2. The van der Waals surface area contributed by atoms with Crippen molar-refractivity contribution in [2.24, 2.45) is 17.8 Å². The van der Waals surface area contributed by atoms with Crippen LogP contribution >= 0.6 is 23.2 Å². The van der Waals surface area contributed by atoms with Crippen LogP contribution in [0.4, 0.5) is 0 Å². The molecule has 20 heavy (non-hydrogen) atoms. The molecule has 0 radical (unpaired) electrons. The van der Waals surface area contributed by atoms with Crippen LogP contribution in [0.5, 0.6) is 11.5 Å². The molecule has 1 aliphatic heterocycles. The van der Waals surface area contributed by atoms with E-state index in [4.69, 9.17) is 32.7 Å². The molecule has 1 heterocycles. The number of alkyl halides is 1. The summed E-state index contributed by atoms with van der Waals surface area (Å²) in [6, 6.07) is 3.84. The molecule has 0 aromatic heterocycles. The molecule has 2 aliphatic carbocycles. The topological polar surface area (TPSA) is 18.5 Å². The monoisotopic (exact) mass is 312 g/mol. The number of ether oxygens (including phenoxy) is 2. The largest absolute Gasteiger partial charge is 0.486 e. The van der Waals surface area contributed by atoms with Crippen LogP contribution in [0.25, 0.3) is 0 Å². The lowest BCUT2D eigenvalue weighted by molar-refractivity contribution is 0.171. The van der Waals surface area contributed by atoms with Gasteiger partial charge in [-0.3, -0.25) is 0 Å². The van der Waals surface area contributed by atoms with Crippen molar-refractivity contribution >= 4 is 23.2 Å². The zero-order chi connectivity index (χ0) is 13.7. The summed E-state index contributed by atoms with van der Waals surface area (Å²) in [5, 5.41) is 0.700. The Morgan fingerprint density at radius 1 is 1.05 bits per heavy atom. The standard InChI is InChI=1S/C16H18Cl2O2/c17-13-8-15-14(19-3-4-20-15)7-12(13)16(18)11-6-9-1-2-10(11)5-9/h7-11,16H,1-6H2. The average Bonchev–Trinajstić information content (AvgIpc) is 3.08. The molecular formula is C16H18Cl2O2. The second kappa shape index (κ2) is 4.99. The summed E-state index contributed by atoms with van der Waals surface area (Å²) in [6.45, 7) is 1.18. The molecule has 4 unspecified atom stereocenters.